The van der Waals surface area contributed by atoms with Crippen LogP contribution in [0.4, 0.5) is 5.69 Å². The number of anilines is 1. The molecular formula is C23H22N2O5. The number of methoxy groups -OCH3 is 1. The van der Waals surface area contributed by atoms with E-state index in [4.69, 9.17) is 4.74 Å². The van der Waals surface area contributed by atoms with Crippen LogP contribution in [0.1, 0.15) is 16.7 Å². The number of aryl methyl sites for hydroxylation is 1. The normalized spacial score (nSPS) is 22.3. The summed E-state index contributed by atoms with van der Waals surface area (Å²) in [5.41, 5.74) is 0.471. The number of carbonyl (C=O) groups is 3. The maximum atomic E-state index is 13.6. The van der Waals surface area contributed by atoms with Gasteiger partial charge in [0.05, 0.1) is 12.2 Å². The lowest BCUT2D eigenvalue weighted by atomic mass is 9.82. The number of likely N-dealkylation sites (tertiary alicyclic amines) is 1. The molecule has 1 N–H and O–H groups in total. The number of likely N-dealkylation sites (N-methyl/N-ethyl adjacent to an activating group) is 1. The highest BCUT2D eigenvalue weighted by Crippen LogP contribution is 2.53. The Morgan fingerprint density at radius 1 is 1.07 bits per heavy atom. The molecule has 30 heavy (non-hydrogen) atoms. The molecule has 7 heteroatoms. The third kappa shape index (κ3) is 2.52. The van der Waals surface area contributed by atoms with Crippen LogP contribution in [0.2, 0.25) is 0 Å². The van der Waals surface area contributed by atoms with Gasteiger partial charge in [-0.25, -0.2) is 0 Å². The number of nitrogens with zero attached hydrogens (tertiary/aromatic N) is 2. The highest BCUT2D eigenvalue weighted by atomic mass is 16.5. The van der Waals surface area contributed by atoms with E-state index in [0.29, 0.717) is 16.8 Å². The van der Waals surface area contributed by atoms with Crippen molar-refractivity contribution >= 4 is 29.0 Å². The minimum absolute atomic E-state index is 0.0274. The smallest absolute Gasteiger partial charge is 0.296 e. The Hall–Kier alpha value is -3.45. The van der Waals surface area contributed by atoms with E-state index in [1.807, 2.05) is 6.92 Å². The van der Waals surface area contributed by atoms with Gasteiger partial charge in [-0.15, -0.1) is 0 Å². The molecule has 1 spiro atoms. The molecule has 0 radical (unpaired) electrons. The summed E-state index contributed by atoms with van der Waals surface area (Å²) in [6, 6.07) is 13.9. The van der Waals surface area contributed by atoms with Gasteiger partial charge in [-0.3, -0.25) is 14.4 Å². The van der Waals surface area contributed by atoms with Crippen LogP contribution in [0, 0.1) is 6.92 Å². The first kappa shape index (κ1) is 19.8. The van der Waals surface area contributed by atoms with Crippen molar-refractivity contribution in [3.8, 4) is 0 Å². The third-order valence-electron chi connectivity index (χ3n) is 5.78. The molecule has 0 aromatic heterocycles. The third-order valence-corrected chi connectivity index (χ3v) is 5.78. The van der Waals surface area contributed by atoms with E-state index in [-0.39, 0.29) is 24.5 Å². The Bertz CT molecular complexity index is 1090. The Morgan fingerprint density at radius 3 is 2.40 bits per heavy atom. The zero-order valence-corrected chi connectivity index (χ0v) is 17.0. The molecule has 0 bridgehead atoms. The summed E-state index contributed by atoms with van der Waals surface area (Å²) in [5, 5.41) is 11.2. The summed E-state index contributed by atoms with van der Waals surface area (Å²) >= 11 is 0. The van der Waals surface area contributed by atoms with E-state index in [1.165, 1.54) is 16.9 Å². The molecule has 0 aliphatic carbocycles. The lowest BCUT2D eigenvalue weighted by molar-refractivity contribution is -0.144. The average Bonchev–Trinajstić information content (AvgIpc) is 3.11. The molecule has 2 aromatic carbocycles. The number of ketones is 1. The Balaban J connectivity index is 2.05. The SMILES string of the molecule is COCCN1C(=O)C(=O)C(=C(O)c2ccc(C)cc2)C12C(=O)N(C)c1ccccc12. The van der Waals surface area contributed by atoms with Crippen LogP contribution in [0.25, 0.3) is 5.76 Å². The summed E-state index contributed by atoms with van der Waals surface area (Å²) in [6.45, 7) is 2.07. The van der Waals surface area contributed by atoms with E-state index >= 15 is 0 Å². The first-order chi connectivity index (χ1) is 14.4. The van der Waals surface area contributed by atoms with Crippen LogP contribution in [-0.2, 0) is 24.7 Å². The monoisotopic (exact) mass is 406 g/mol. The van der Waals surface area contributed by atoms with Crippen LogP contribution in [-0.4, -0.2) is 54.9 Å². The largest absolute Gasteiger partial charge is 0.507 e. The quantitative estimate of drug-likeness (QED) is 0.478. The summed E-state index contributed by atoms with van der Waals surface area (Å²) < 4.78 is 5.13. The lowest BCUT2D eigenvalue weighted by Gasteiger charge is -2.34. The van der Waals surface area contributed by atoms with E-state index < -0.39 is 23.1 Å². The molecule has 1 atom stereocenters. The number of ether oxygens (including phenoxy) is 1. The molecule has 2 heterocycles. The van der Waals surface area contributed by atoms with Crippen LogP contribution in [0.15, 0.2) is 54.1 Å². The summed E-state index contributed by atoms with van der Waals surface area (Å²) in [5.74, 6) is -2.55. The number of hydrogen-bond acceptors (Lipinski definition) is 5. The van der Waals surface area contributed by atoms with Gasteiger partial charge in [-0.1, -0.05) is 48.0 Å². The average molecular weight is 406 g/mol. The van der Waals surface area contributed by atoms with Crippen molar-refractivity contribution in [2.75, 3.05) is 32.2 Å². The molecule has 1 saturated heterocycles. The van der Waals surface area contributed by atoms with Crippen LogP contribution < -0.4 is 4.90 Å². The molecule has 1 unspecified atom stereocenters. The number of para-hydroxylation sites is 1. The van der Waals surface area contributed by atoms with E-state index in [1.54, 1.807) is 55.6 Å². The minimum Gasteiger partial charge on any atom is -0.507 e. The standard InChI is InChI=1S/C23H22N2O5/c1-14-8-10-15(11-9-14)19(26)18-20(27)21(28)25(12-13-30-3)23(18)16-6-4-5-7-17(16)24(2)22(23)29/h4-11,26H,12-13H2,1-3H3. The van der Waals surface area contributed by atoms with Gasteiger partial charge in [0.2, 0.25) is 0 Å². The lowest BCUT2D eigenvalue weighted by Crippen LogP contribution is -2.52. The summed E-state index contributed by atoms with van der Waals surface area (Å²) in [7, 11) is 3.07. The Morgan fingerprint density at radius 2 is 1.73 bits per heavy atom. The number of benzene rings is 2. The minimum atomic E-state index is -1.73. The van der Waals surface area contributed by atoms with Gasteiger partial charge >= 0.3 is 0 Å². The predicted molar refractivity (Wildman–Crippen MR) is 111 cm³/mol. The van der Waals surface area contributed by atoms with E-state index in [0.717, 1.165) is 5.56 Å². The second-order valence-electron chi connectivity index (χ2n) is 7.46. The molecule has 1 fully saturated rings. The first-order valence-corrected chi connectivity index (χ1v) is 9.59. The van der Waals surface area contributed by atoms with Crippen LogP contribution in [0.5, 0.6) is 0 Å². The van der Waals surface area contributed by atoms with Crippen LogP contribution >= 0.6 is 0 Å². The van der Waals surface area contributed by atoms with Gasteiger partial charge in [0.1, 0.15) is 5.76 Å². The van der Waals surface area contributed by atoms with Gasteiger partial charge in [0, 0.05) is 37.5 Å². The van der Waals surface area contributed by atoms with Crippen molar-refractivity contribution in [3.63, 3.8) is 0 Å². The molecule has 2 aromatic rings. The van der Waals surface area contributed by atoms with E-state index in [9.17, 15) is 19.5 Å². The molecule has 154 valence electrons. The van der Waals surface area contributed by atoms with Crippen molar-refractivity contribution in [2.24, 2.45) is 0 Å². The van der Waals surface area contributed by atoms with E-state index in [2.05, 4.69) is 0 Å². The fourth-order valence-electron chi connectivity index (χ4n) is 4.31. The number of Topliss-reactive ketones (excluding diaryl/α,β-unsaturated/α-hetero) is 1. The number of rotatable bonds is 4. The number of aliphatic hydroxyl groups is 1. The van der Waals surface area contributed by atoms with Crippen LogP contribution in [0.3, 0.4) is 0 Å². The first-order valence-electron chi connectivity index (χ1n) is 9.59. The zero-order valence-electron chi connectivity index (χ0n) is 17.0. The molecule has 2 aliphatic heterocycles. The second-order valence-corrected chi connectivity index (χ2v) is 7.46. The van der Waals surface area contributed by atoms with Crippen molar-refractivity contribution in [2.45, 2.75) is 12.5 Å². The number of fused-ring (bicyclic) bond motifs is 2. The van der Waals surface area contributed by atoms with Gasteiger partial charge < -0.3 is 19.6 Å². The van der Waals surface area contributed by atoms with Gasteiger partial charge in [-0.2, -0.15) is 0 Å². The highest BCUT2D eigenvalue weighted by Gasteiger charge is 2.66. The number of amides is 2. The topological polar surface area (TPSA) is 87.1 Å². The molecule has 4 rings (SSSR count). The van der Waals surface area contributed by atoms with Gasteiger partial charge in [0.15, 0.2) is 5.54 Å². The Labute approximate surface area is 174 Å². The number of hydrogen-bond donors (Lipinski definition) is 1. The fourth-order valence-corrected chi connectivity index (χ4v) is 4.31. The van der Waals surface area contributed by atoms with Crippen molar-refractivity contribution in [1.82, 2.24) is 4.90 Å². The Kier molecular flexibility index (Phi) is 4.70. The number of aliphatic hydroxyl groups excluding tert-OH is 1. The van der Waals surface area contributed by atoms with Gasteiger partial charge in [0.25, 0.3) is 17.6 Å². The van der Waals surface area contributed by atoms with Gasteiger partial charge in [-0.05, 0) is 13.0 Å². The highest BCUT2D eigenvalue weighted by molar-refractivity contribution is 6.50. The molecule has 2 aliphatic rings. The molecular weight excluding hydrogens is 384 g/mol. The summed E-state index contributed by atoms with van der Waals surface area (Å²) in [4.78, 5) is 42.5. The number of carbonyl (C=O) groups excluding carboxylic acids is 3. The second kappa shape index (κ2) is 7.11. The predicted octanol–water partition coefficient (Wildman–Crippen LogP) is 2.19. The van der Waals surface area contributed by atoms with Crippen molar-refractivity contribution < 1.29 is 24.2 Å². The maximum absolute atomic E-state index is 13.6. The fraction of sp³-hybridized carbons (Fsp3) is 0.261. The summed E-state index contributed by atoms with van der Waals surface area (Å²) in [6.07, 6.45) is 0. The zero-order chi connectivity index (χ0) is 21.6. The maximum Gasteiger partial charge on any atom is 0.296 e. The van der Waals surface area contributed by atoms with Crippen molar-refractivity contribution in [3.05, 3.63) is 70.8 Å². The molecule has 2 amide bonds. The molecule has 7 nitrogen and oxygen atoms in total. The van der Waals surface area contributed by atoms with Crippen molar-refractivity contribution in [1.29, 1.82) is 0 Å². The molecule has 0 saturated carbocycles.